The van der Waals surface area contributed by atoms with Gasteiger partial charge in [0.2, 0.25) is 17.8 Å². The van der Waals surface area contributed by atoms with Crippen molar-refractivity contribution in [3.8, 4) is 5.95 Å². The van der Waals surface area contributed by atoms with Gasteiger partial charge in [-0.3, -0.25) is 14.2 Å². The lowest BCUT2D eigenvalue weighted by molar-refractivity contribution is -0.136. The second-order valence-electron chi connectivity index (χ2n) is 9.82. The van der Waals surface area contributed by atoms with Crippen molar-refractivity contribution in [2.75, 3.05) is 29.4 Å². The molecule has 2 aliphatic rings. The molecule has 190 valence electrons. The van der Waals surface area contributed by atoms with Crippen LogP contribution in [0.1, 0.15) is 48.0 Å². The largest absolute Gasteiger partial charge is 0.481 e. The summed E-state index contributed by atoms with van der Waals surface area (Å²) >= 11 is 0. The Labute approximate surface area is 221 Å². The minimum absolute atomic E-state index is 0.102. The van der Waals surface area contributed by atoms with Gasteiger partial charge in [-0.2, -0.15) is 15.0 Å². The molecule has 0 saturated carbocycles. The maximum atomic E-state index is 13.1. The fraction of sp³-hybridized carbons (Fsp3) is 0.321. The van der Waals surface area contributed by atoms with Crippen molar-refractivity contribution in [1.82, 2.24) is 19.5 Å². The normalized spacial score (nSPS) is 15.2. The van der Waals surface area contributed by atoms with Crippen LogP contribution in [-0.2, 0) is 11.2 Å². The van der Waals surface area contributed by atoms with E-state index in [0.29, 0.717) is 34.3 Å². The van der Waals surface area contributed by atoms with E-state index in [-0.39, 0.29) is 18.6 Å². The predicted molar refractivity (Wildman–Crippen MR) is 146 cm³/mol. The molecule has 38 heavy (non-hydrogen) atoms. The Morgan fingerprint density at radius 1 is 0.895 bits per heavy atom. The van der Waals surface area contributed by atoms with Crippen molar-refractivity contribution in [3.63, 3.8) is 0 Å². The van der Waals surface area contributed by atoms with Gasteiger partial charge in [0.25, 0.3) is 0 Å². The van der Waals surface area contributed by atoms with Gasteiger partial charge in [-0.25, -0.2) is 0 Å². The van der Waals surface area contributed by atoms with Gasteiger partial charge >= 0.3 is 5.97 Å². The van der Waals surface area contributed by atoms with E-state index in [2.05, 4.69) is 28.0 Å². The van der Waals surface area contributed by atoms with E-state index in [1.54, 1.807) is 22.9 Å². The monoisotopic (exact) mass is 506 g/mol. The van der Waals surface area contributed by atoms with Crippen LogP contribution in [0.25, 0.3) is 16.9 Å². The minimum atomic E-state index is -1.01. The molecule has 0 aliphatic carbocycles. The van der Waals surface area contributed by atoms with Crippen molar-refractivity contribution in [3.05, 3.63) is 59.8 Å². The molecular weight excluding hydrogens is 479 g/mol. The fourth-order valence-corrected chi connectivity index (χ4v) is 5.36. The number of hydrogen-bond acceptors (Lipinski definition) is 7. The van der Waals surface area contributed by atoms with Crippen molar-refractivity contribution >= 4 is 53.5 Å². The topological polar surface area (TPSA) is 104 Å². The van der Waals surface area contributed by atoms with Crippen molar-refractivity contribution in [2.45, 2.75) is 38.5 Å². The molecule has 0 bridgehead atoms. The molecule has 4 aromatic rings. The number of carboxylic acids is 1. The summed E-state index contributed by atoms with van der Waals surface area (Å²) in [6, 6.07) is 13.7. The lowest BCUT2D eigenvalue weighted by atomic mass is 9.93. The highest BCUT2D eigenvalue weighted by Crippen LogP contribution is 2.33. The van der Waals surface area contributed by atoms with Crippen LogP contribution in [0.2, 0.25) is 0 Å². The van der Waals surface area contributed by atoms with Crippen LogP contribution in [0.15, 0.2) is 48.7 Å². The third-order valence-electron chi connectivity index (χ3n) is 7.25. The van der Waals surface area contributed by atoms with E-state index < -0.39 is 5.97 Å². The summed E-state index contributed by atoms with van der Waals surface area (Å²) in [4.78, 5) is 43.2. The first-order valence-electron chi connectivity index (χ1n) is 13.0. The highest BCUT2D eigenvalue weighted by molar-refractivity contribution is 6.33. The van der Waals surface area contributed by atoms with Gasteiger partial charge in [0.1, 0.15) is 7.85 Å². The average molecular weight is 506 g/mol. The van der Waals surface area contributed by atoms with Crippen LogP contribution in [0.4, 0.5) is 17.6 Å². The van der Waals surface area contributed by atoms with Crippen LogP contribution in [0.3, 0.4) is 0 Å². The molecule has 1 N–H and O–H groups in total. The molecule has 2 aromatic heterocycles. The molecule has 0 unspecified atom stereocenters. The number of carboxylic acid groups (broad SMARTS) is 1. The van der Waals surface area contributed by atoms with Gasteiger partial charge < -0.3 is 14.9 Å². The Bertz CT molecular complexity index is 1550. The van der Waals surface area contributed by atoms with Gasteiger partial charge in [-0.15, -0.1) is 0 Å². The fourth-order valence-electron chi connectivity index (χ4n) is 5.36. The molecule has 0 amide bonds. The zero-order valence-electron chi connectivity index (χ0n) is 21.0. The van der Waals surface area contributed by atoms with Crippen molar-refractivity contribution < 1.29 is 14.7 Å². The summed E-state index contributed by atoms with van der Waals surface area (Å²) < 4.78 is 1.80. The molecule has 2 aromatic carbocycles. The van der Waals surface area contributed by atoms with Gasteiger partial charge in [-0.1, -0.05) is 35.8 Å². The first-order valence-corrected chi connectivity index (χ1v) is 13.0. The first-order chi connectivity index (χ1) is 18.5. The number of nitrogens with zero attached hydrogens (tertiary/aromatic N) is 6. The molecule has 4 heterocycles. The Kier molecular flexibility index (Phi) is 6.31. The van der Waals surface area contributed by atoms with E-state index in [0.717, 1.165) is 56.5 Å². The van der Waals surface area contributed by atoms with Gasteiger partial charge in [0.15, 0.2) is 5.78 Å². The number of aliphatic carboxylic acids is 1. The summed E-state index contributed by atoms with van der Waals surface area (Å²) in [5.41, 5.74) is 4.00. The van der Waals surface area contributed by atoms with E-state index in [9.17, 15) is 9.59 Å². The molecule has 2 aliphatic heterocycles. The summed E-state index contributed by atoms with van der Waals surface area (Å²) in [5, 5.41) is 9.74. The van der Waals surface area contributed by atoms with Crippen molar-refractivity contribution in [1.29, 1.82) is 0 Å². The molecule has 1 saturated heterocycles. The summed E-state index contributed by atoms with van der Waals surface area (Å²) in [6.45, 7) is 2.55. The SMILES string of the molecule is [B]c1ccc2c(c1)c(C(=O)CCC(=O)O)cn2-c1nc(N2CCCC2)nc(N2CCCc3ccccc32)n1. The zero-order chi connectivity index (χ0) is 26.2. The summed E-state index contributed by atoms with van der Waals surface area (Å²) in [6.07, 6.45) is 5.52. The highest BCUT2D eigenvalue weighted by atomic mass is 16.4. The highest BCUT2D eigenvalue weighted by Gasteiger charge is 2.26. The van der Waals surface area contributed by atoms with Crippen LogP contribution in [-0.4, -0.2) is 63.9 Å². The lowest BCUT2D eigenvalue weighted by Crippen LogP contribution is -2.29. The van der Waals surface area contributed by atoms with E-state index >= 15 is 0 Å². The lowest BCUT2D eigenvalue weighted by Gasteiger charge is -2.30. The standard InChI is InChI=1S/C28H27BN6O3/c29-19-9-10-23-20(16-19)21(24(36)11-12-25(37)38)17-35(23)28-31-26(33-13-3-4-14-33)30-27(32-28)34-15-5-7-18-6-1-2-8-22(18)34/h1-2,6,8-10,16-17H,3-5,7,11-15H2,(H,37,38). The Hall–Kier alpha value is -4.21. The molecule has 10 heteroatoms. The number of carbonyl (C=O) groups excluding carboxylic acids is 1. The van der Waals surface area contributed by atoms with Crippen LogP contribution < -0.4 is 15.3 Å². The van der Waals surface area contributed by atoms with Crippen LogP contribution >= 0.6 is 0 Å². The second kappa shape index (κ2) is 9.93. The molecule has 1 fully saturated rings. The van der Waals surface area contributed by atoms with Crippen molar-refractivity contribution in [2.24, 2.45) is 0 Å². The number of Topliss-reactive ketones (excluding diaryl/α,β-unsaturated/α-hetero) is 1. The number of hydrogen-bond donors (Lipinski definition) is 1. The maximum absolute atomic E-state index is 13.1. The van der Waals surface area contributed by atoms with Crippen LogP contribution in [0, 0.1) is 0 Å². The number of ketones is 1. The summed E-state index contributed by atoms with van der Waals surface area (Å²) in [5.74, 6) is 0.315. The van der Waals surface area contributed by atoms with Crippen LogP contribution in [0.5, 0.6) is 0 Å². The smallest absolute Gasteiger partial charge is 0.303 e. The minimum Gasteiger partial charge on any atom is -0.481 e. The quantitative estimate of drug-likeness (QED) is 0.301. The number of carbonyl (C=O) groups is 2. The Morgan fingerprint density at radius 2 is 1.66 bits per heavy atom. The Balaban J connectivity index is 1.51. The number of anilines is 3. The number of fused-ring (bicyclic) bond motifs is 2. The Morgan fingerprint density at radius 3 is 2.47 bits per heavy atom. The number of aromatic nitrogens is 4. The van der Waals surface area contributed by atoms with Gasteiger partial charge in [0, 0.05) is 48.9 Å². The number of aryl methyl sites for hydroxylation is 1. The molecular formula is C28H27BN6O3. The second-order valence-corrected chi connectivity index (χ2v) is 9.82. The third kappa shape index (κ3) is 4.51. The molecule has 0 spiro atoms. The zero-order valence-corrected chi connectivity index (χ0v) is 21.0. The van der Waals surface area contributed by atoms with Gasteiger partial charge in [-0.05, 0) is 43.4 Å². The molecule has 9 nitrogen and oxygen atoms in total. The number of para-hydroxylation sites is 1. The van der Waals surface area contributed by atoms with Gasteiger partial charge in [0.05, 0.1) is 11.9 Å². The average Bonchev–Trinajstić information content (AvgIpc) is 3.60. The first kappa shape index (κ1) is 24.1. The van der Waals surface area contributed by atoms with E-state index in [1.807, 2.05) is 12.1 Å². The molecule has 0 atom stereocenters. The summed E-state index contributed by atoms with van der Waals surface area (Å²) in [7, 11) is 6.07. The molecule has 2 radical (unpaired) electrons. The third-order valence-corrected chi connectivity index (χ3v) is 7.25. The predicted octanol–water partition coefficient (Wildman–Crippen LogP) is 3.34. The van der Waals surface area contributed by atoms with E-state index in [1.165, 1.54) is 5.56 Å². The number of rotatable bonds is 7. The van der Waals surface area contributed by atoms with E-state index in [4.69, 9.17) is 27.9 Å². The maximum Gasteiger partial charge on any atom is 0.303 e. The number of benzene rings is 2. The molecule has 6 rings (SSSR count).